The minimum Gasteiger partial charge on any atom is -0.487 e. The first-order chi connectivity index (χ1) is 7.72. The average molecular weight is 221 g/mol. The average Bonchev–Trinajstić information content (AvgIpc) is 2.24. The smallest absolute Gasteiger partial charge is 0.127 e. The standard InChI is InChI=1S/C13H16FNO/c1-15-11-8-13(5-2-6-13)16-12-7-9(14)3-4-10(11)12/h3-4,7,11,15H,2,5-6,8H2,1H3. The van der Waals surface area contributed by atoms with Crippen molar-refractivity contribution >= 4 is 0 Å². The minimum absolute atomic E-state index is 0.0194. The Morgan fingerprint density at radius 3 is 2.88 bits per heavy atom. The van der Waals surface area contributed by atoms with Crippen LogP contribution in [0.25, 0.3) is 0 Å². The molecule has 1 aromatic carbocycles. The van der Waals surface area contributed by atoms with Crippen LogP contribution >= 0.6 is 0 Å². The number of hydrogen-bond donors (Lipinski definition) is 1. The van der Waals surface area contributed by atoms with E-state index in [1.807, 2.05) is 13.1 Å². The highest BCUT2D eigenvalue weighted by molar-refractivity contribution is 5.39. The topological polar surface area (TPSA) is 21.3 Å². The molecule has 1 atom stereocenters. The Labute approximate surface area is 94.8 Å². The second-order valence-electron chi connectivity index (χ2n) is 4.87. The van der Waals surface area contributed by atoms with Crippen molar-refractivity contribution in [3.05, 3.63) is 29.6 Å². The minimum atomic E-state index is -0.218. The van der Waals surface area contributed by atoms with Gasteiger partial charge >= 0.3 is 0 Å². The van der Waals surface area contributed by atoms with E-state index in [-0.39, 0.29) is 11.4 Å². The summed E-state index contributed by atoms with van der Waals surface area (Å²) in [6.45, 7) is 0. The Morgan fingerprint density at radius 2 is 2.25 bits per heavy atom. The van der Waals surface area contributed by atoms with Gasteiger partial charge in [0.05, 0.1) is 0 Å². The fourth-order valence-electron chi connectivity index (χ4n) is 2.78. The first-order valence-corrected chi connectivity index (χ1v) is 5.88. The summed E-state index contributed by atoms with van der Waals surface area (Å²) in [7, 11) is 1.95. The quantitative estimate of drug-likeness (QED) is 0.787. The molecule has 86 valence electrons. The lowest BCUT2D eigenvalue weighted by Crippen LogP contribution is -2.48. The molecule has 0 amide bonds. The first-order valence-electron chi connectivity index (χ1n) is 5.88. The molecular weight excluding hydrogens is 205 g/mol. The van der Waals surface area contributed by atoms with Crippen LogP contribution in [0.15, 0.2) is 18.2 Å². The van der Waals surface area contributed by atoms with Crippen LogP contribution < -0.4 is 10.1 Å². The van der Waals surface area contributed by atoms with Crippen LogP contribution in [0, 0.1) is 5.82 Å². The number of rotatable bonds is 1. The lowest BCUT2D eigenvalue weighted by atomic mass is 9.73. The molecule has 1 N–H and O–H groups in total. The van der Waals surface area contributed by atoms with Gasteiger partial charge in [-0.15, -0.1) is 0 Å². The van der Waals surface area contributed by atoms with Gasteiger partial charge in [-0.05, 0) is 32.4 Å². The van der Waals surface area contributed by atoms with E-state index in [0.717, 1.165) is 30.6 Å². The number of benzene rings is 1. The lowest BCUT2D eigenvalue weighted by molar-refractivity contribution is -0.0363. The molecule has 2 aliphatic rings. The summed E-state index contributed by atoms with van der Waals surface area (Å²) in [5.74, 6) is 0.510. The number of hydrogen-bond acceptors (Lipinski definition) is 2. The van der Waals surface area contributed by atoms with Gasteiger partial charge in [-0.3, -0.25) is 0 Å². The highest BCUT2D eigenvalue weighted by Gasteiger charge is 2.45. The molecule has 1 aromatic rings. The maximum Gasteiger partial charge on any atom is 0.127 e. The maximum atomic E-state index is 13.2. The number of fused-ring (bicyclic) bond motifs is 1. The molecule has 1 heterocycles. The predicted octanol–water partition coefficient (Wildman–Crippen LogP) is 2.79. The van der Waals surface area contributed by atoms with Gasteiger partial charge in [-0.2, -0.15) is 0 Å². The summed E-state index contributed by atoms with van der Waals surface area (Å²) in [5, 5.41) is 3.30. The van der Waals surface area contributed by atoms with Crippen LogP contribution in [0.4, 0.5) is 4.39 Å². The number of ether oxygens (including phenoxy) is 1. The van der Waals surface area contributed by atoms with Crippen molar-refractivity contribution in [3.8, 4) is 5.75 Å². The van der Waals surface area contributed by atoms with Gasteiger partial charge in [-0.1, -0.05) is 6.07 Å². The van der Waals surface area contributed by atoms with E-state index in [4.69, 9.17) is 4.74 Å². The SMILES string of the molecule is CNC1CC2(CCC2)Oc2cc(F)ccc21. The summed E-state index contributed by atoms with van der Waals surface area (Å²) in [4.78, 5) is 0. The third kappa shape index (κ3) is 1.42. The second-order valence-corrected chi connectivity index (χ2v) is 4.87. The number of nitrogens with one attached hydrogen (secondary N) is 1. The molecule has 1 spiro atoms. The maximum absolute atomic E-state index is 13.2. The molecule has 3 rings (SSSR count). The van der Waals surface area contributed by atoms with Crippen molar-refractivity contribution < 1.29 is 9.13 Å². The zero-order valence-electron chi connectivity index (χ0n) is 9.42. The molecule has 2 nitrogen and oxygen atoms in total. The van der Waals surface area contributed by atoms with E-state index in [2.05, 4.69) is 5.32 Å². The van der Waals surface area contributed by atoms with E-state index in [9.17, 15) is 4.39 Å². The van der Waals surface area contributed by atoms with Crippen molar-refractivity contribution in [1.29, 1.82) is 0 Å². The lowest BCUT2D eigenvalue weighted by Gasteiger charge is -2.47. The van der Waals surface area contributed by atoms with Crippen LogP contribution in [0.5, 0.6) is 5.75 Å². The Balaban J connectivity index is 2.01. The fraction of sp³-hybridized carbons (Fsp3) is 0.538. The Morgan fingerprint density at radius 1 is 1.44 bits per heavy atom. The molecule has 0 saturated heterocycles. The highest BCUT2D eigenvalue weighted by Crippen LogP contribution is 2.48. The van der Waals surface area contributed by atoms with E-state index < -0.39 is 0 Å². The Bertz CT molecular complexity index is 414. The summed E-state index contributed by atoms with van der Waals surface area (Å²) >= 11 is 0. The molecule has 1 aliphatic carbocycles. The summed E-state index contributed by atoms with van der Waals surface area (Å²) < 4.78 is 19.2. The molecule has 3 heteroatoms. The van der Waals surface area contributed by atoms with E-state index in [1.54, 1.807) is 0 Å². The molecule has 1 aliphatic heterocycles. The van der Waals surface area contributed by atoms with Gasteiger partial charge in [0.25, 0.3) is 0 Å². The van der Waals surface area contributed by atoms with Crippen LogP contribution in [0.3, 0.4) is 0 Å². The Kier molecular flexibility index (Phi) is 2.18. The van der Waals surface area contributed by atoms with Crippen molar-refractivity contribution in [2.75, 3.05) is 7.05 Å². The van der Waals surface area contributed by atoms with Crippen LogP contribution in [0.1, 0.15) is 37.3 Å². The predicted molar refractivity (Wildman–Crippen MR) is 60.0 cm³/mol. The highest BCUT2D eigenvalue weighted by atomic mass is 19.1. The summed E-state index contributed by atoms with van der Waals surface area (Å²) in [5.41, 5.74) is 1.07. The molecule has 1 saturated carbocycles. The summed E-state index contributed by atoms with van der Waals surface area (Å²) in [6.07, 6.45) is 4.42. The first kappa shape index (κ1) is 10.1. The second kappa shape index (κ2) is 3.45. The zero-order valence-corrected chi connectivity index (χ0v) is 9.42. The summed E-state index contributed by atoms with van der Waals surface area (Å²) in [6, 6.07) is 5.14. The third-order valence-corrected chi connectivity index (χ3v) is 3.87. The Hall–Kier alpha value is -1.09. The number of halogens is 1. The molecule has 0 radical (unpaired) electrons. The molecule has 0 bridgehead atoms. The molecule has 0 aromatic heterocycles. The van der Waals surface area contributed by atoms with E-state index in [0.29, 0.717) is 6.04 Å². The fourth-order valence-corrected chi connectivity index (χ4v) is 2.78. The molecular formula is C13H16FNO. The molecule has 16 heavy (non-hydrogen) atoms. The zero-order chi connectivity index (χ0) is 11.2. The van der Waals surface area contributed by atoms with Crippen molar-refractivity contribution in [2.24, 2.45) is 0 Å². The largest absolute Gasteiger partial charge is 0.487 e. The van der Waals surface area contributed by atoms with Gasteiger partial charge < -0.3 is 10.1 Å². The van der Waals surface area contributed by atoms with Gasteiger partial charge in [0.15, 0.2) is 0 Å². The van der Waals surface area contributed by atoms with Gasteiger partial charge in [0.2, 0.25) is 0 Å². The monoisotopic (exact) mass is 221 g/mol. The van der Waals surface area contributed by atoms with Crippen molar-refractivity contribution in [2.45, 2.75) is 37.3 Å². The van der Waals surface area contributed by atoms with Crippen molar-refractivity contribution in [3.63, 3.8) is 0 Å². The normalized spacial score (nSPS) is 25.8. The van der Waals surface area contributed by atoms with Gasteiger partial charge in [0.1, 0.15) is 17.2 Å². The van der Waals surface area contributed by atoms with Crippen molar-refractivity contribution in [1.82, 2.24) is 5.32 Å². The van der Waals surface area contributed by atoms with E-state index in [1.165, 1.54) is 18.6 Å². The molecule has 1 fully saturated rings. The van der Waals surface area contributed by atoms with Crippen LogP contribution in [0.2, 0.25) is 0 Å². The molecule has 1 unspecified atom stereocenters. The van der Waals surface area contributed by atoms with Crippen LogP contribution in [-0.2, 0) is 0 Å². The van der Waals surface area contributed by atoms with Gasteiger partial charge in [-0.25, -0.2) is 4.39 Å². The third-order valence-electron chi connectivity index (χ3n) is 3.87. The van der Waals surface area contributed by atoms with Gasteiger partial charge in [0, 0.05) is 24.1 Å². The van der Waals surface area contributed by atoms with E-state index >= 15 is 0 Å². The van der Waals surface area contributed by atoms with Crippen LogP contribution in [-0.4, -0.2) is 12.6 Å².